The van der Waals surface area contributed by atoms with Gasteiger partial charge in [0.2, 0.25) is 0 Å². The van der Waals surface area contributed by atoms with Crippen molar-refractivity contribution in [3.8, 4) is 5.75 Å². The minimum Gasteiger partial charge on any atom is -0.489 e. The fraction of sp³-hybridized carbons (Fsp3) is 0.385. The number of rotatable bonds is 4. The van der Waals surface area contributed by atoms with E-state index in [1.165, 1.54) is 17.2 Å². The topological polar surface area (TPSA) is 9.23 Å². The molecular weight excluding hydrogens is 229 g/mol. The highest BCUT2D eigenvalue weighted by molar-refractivity contribution is 5.36. The first kappa shape index (κ1) is 12.0. The Labute approximate surface area is 97.9 Å². The Hall–Kier alpha value is -1.45. The van der Waals surface area contributed by atoms with Crippen molar-refractivity contribution in [3.05, 3.63) is 41.0 Å². The van der Waals surface area contributed by atoms with Gasteiger partial charge in [-0.1, -0.05) is 18.6 Å². The van der Waals surface area contributed by atoms with Gasteiger partial charge in [-0.2, -0.15) is 13.2 Å². The molecule has 1 aromatic carbocycles. The highest BCUT2D eigenvalue weighted by Crippen LogP contribution is 2.35. The van der Waals surface area contributed by atoms with E-state index < -0.39 is 11.7 Å². The molecule has 1 aliphatic carbocycles. The zero-order valence-electron chi connectivity index (χ0n) is 9.47. The summed E-state index contributed by atoms with van der Waals surface area (Å²) in [5.41, 5.74) is 1.90. The molecule has 0 saturated carbocycles. The first-order valence-electron chi connectivity index (χ1n) is 5.50. The van der Waals surface area contributed by atoms with Crippen molar-refractivity contribution in [1.82, 2.24) is 0 Å². The van der Waals surface area contributed by atoms with E-state index in [2.05, 4.69) is 6.92 Å². The summed E-state index contributed by atoms with van der Waals surface area (Å²) in [6, 6.07) is 4.99. The van der Waals surface area contributed by atoms with Gasteiger partial charge >= 0.3 is 6.18 Å². The summed E-state index contributed by atoms with van der Waals surface area (Å²) in [5.74, 6) is 0.273. The number of halogens is 3. The van der Waals surface area contributed by atoms with Gasteiger partial charge in [-0.25, -0.2) is 0 Å². The Kier molecular flexibility index (Phi) is 3.13. The lowest BCUT2D eigenvalue weighted by Crippen LogP contribution is -2.05. The molecule has 0 unspecified atom stereocenters. The lowest BCUT2D eigenvalue weighted by atomic mass is 10.2. The maximum Gasteiger partial charge on any atom is 0.416 e. The summed E-state index contributed by atoms with van der Waals surface area (Å²) in [7, 11) is 0. The molecule has 0 amide bonds. The molecule has 4 heteroatoms. The molecule has 0 aliphatic heterocycles. The molecule has 1 aromatic rings. The van der Waals surface area contributed by atoms with Crippen molar-refractivity contribution in [2.24, 2.45) is 0 Å². The van der Waals surface area contributed by atoms with Crippen LogP contribution in [0.1, 0.15) is 25.3 Å². The molecule has 0 spiro atoms. The van der Waals surface area contributed by atoms with Gasteiger partial charge in [0, 0.05) is 0 Å². The van der Waals surface area contributed by atoms with Crippen molar-refractivity contribution in [2.45, 2.75) is 25.9 Å². The minimum absolute atomic E-state index is 0.273. The number of alkyl halides is 3. The molecule has 0 bridgehead atoms. The molecule has 0 saturated heterocycles. The first-order chi connectivity index (χ1) is 8.00. The maximum absolute atomic E-state index is 12.4. The van der Waals surface area contributed by atoms with Crippen LogP contribution in [0.2, 0.25) is 0 Å². The number of benzene rings is 1. The molecule has 1 nitrogen and oxygen atoms in total. The van der Waals surface area contributed by atoms with Gasteiger partial charge in [-0.15, -0.1) is 0 Å². The minimum atomic E-state index is -4.31. The molecular formula is C13H13F3O. The van der Waals surface area contributed by atoms with Crippen molar-refractivity contribution in [2.75, 3.05) is 6.61 Å². The van der Waals surface area contributed by atoms with Crippen LogP contribution in [0.3, 0.4) is 0 Å². The quantitative estimate of drug-likeness (QED) is 0.719. The lowest BCUT2D eigenvalue weighted by Gasteiger charge is -2.09. The number of allylic oxidation sites excluding steroid dienone is 1. The van der Waals surface area contributed by atoms with Crippen LogP contribution < -0.4 is 4.74 Å². The Bertz CT molecular complexity index is 446. The average molecular weight is 242 g/mol. The van der Waals surface area contributed by atoms with E-state index in [1.54, 1.807) is 6.07 Å². The van der Waals surface area contributed by atoms with E-state index in [9.17, 15) is 13.2 Å². The third-order valence-corrected chi connectivity index (χ3v) is 2.80. The van der Waals surface area contributed by atoms with Crippen LogP contribution in [0.25, 0.3) is 0 Å². The fourth-order valence-electron chi connectivity index (χ4n) is 1.67. The van der Waals surface area contributed by atoms with Crippen LogP contribution >= 0.6 is 0 Å². The molecule has 0 aromatic heterocycles. The van der Waals surface area contributed by atoms with E-state index in [1.807, 2.05) is 0 Å². The van der Waals surface area contributed by atoms with E-state index in [-0.39, 0.29) is 5.75 Å². The number of ether oxygens (including phenoxy) is 1. The second kappa shape index (κ2) is 4.43. The molecule has 0 fully saturated rings. The normalized spacial score (nSPS) is 15.1. The summed E-state index contributed by atoms with van der Waals surface area (Å²) in [6.45, 7) is 2.47. The van der Waals surface area contributed by atoms with Crippen molar-refractivity contribution in [1.29, 1.82) is 0 Å². The van der Waals surface area contributed by atoms with Crippen molar-refractivity contribution < 1.29 is 17.9 Å². The first-order valence-corrected chi connectivity index (χ1v) is 5.50. The highest BCUT2D eigenvalue weighted by Gasteiger charge is 2.30. The van der Waals surface area contributed by atoms with Crippen LogP contribution in [0, 0.1) is 0 Å². The summed E-state index contributed by atoms with van der Waals surface area (Å²) < 4.78 is 42.6. The third kappa shape index (κ3) is 3.02. The largest absolute Gasteiger partial charge is 0.489 e. The van der Waals surface area contributed by atoms with E-state index in [0.29, 0.717) is 6.61 Å². The summed E-state index contributed by atoms with van der Waals surface area (Å²) >= 11 is 0. The maximum atomic E-state index is 12.4. The van der Waals surface area contributed by atoms with E-state index >= 15 is 0 Å². The van der Waals surface area contributed by atoms with Gasteiger partial charge in [0.25, 0.3) is 0 Å². The monoisotopic (exact) mass is 242 g/mol. The van der Waals surface area contributed by atoms with Crippen molar-refractivity contribution >= 4 is 0 Å². The Morgan fingerprint density at radius 3 is 2.59 bits per heavy atom. The Morgan fingerprint density at radius 2 is 2.00 bits per heavy atom. The summed E-state index contributed by atoms with van der Waals surface area (Å²) in [4.78, 5) is 0. The number of hydrogen-bond donors (Lipinski definition) is 0. The standard InChI is InChI=1S/C13H13F3O/c1-2-9-6-10(9)8-17-12-5-3-4-11(7-12)13(14,15)16/h3-5,7H,2,6,8H2,1H3. The molecule has 0 atom stereocenters. The van der Waals surface area contributed by atoms with Crippen LogP contribution in [0.15, 0.2) is 35.4 Å². The van der Waals surface area contributed by atoms with Gasteiger partial charge in [0.05, 0.1) is 5.56 Å². The van der Waals surface area contributed by atoms with Crippen LogP contribution in [0.4, 0.5) is 13.2 Å². The second-order valence-electron chi connectivity index (χ2n) is 4.05. The lowest BCUT2D eigenvalue weighted by molar-refractivity contribution is -0.137. The molecule has 0 N–H and O–H groups in total. The molecule has 17 heavy (non-hydrogen) atoms. The predicted molar refractivity (Wildman–Crippen MR) is 58.9 cm³/mol. The zero-order valence-corrected chi connectivity index (χ0v) is 9.47. The van der Waals surface area contributed by atoms with Crippen molar-refractivity contribution in [3.63, 3.8) is 0 Å². The third-order valence-electron chi connectivity index (χ3n) is 2.80. The summed E-state index contributed by atoms with van der Waals surface area (Å²) in [5, 5.41) is 0. The highest BCUT2D eigenvalue weighted by atomic mass is 19.4. The van der Waals surface area contributed by atoms with Gasteiger partial charge in [0.1, 0.15) is 12.4 Å². The van der Waals surface area contributed by atoms with Crippen LogP contribution in [-0.2, 0) is 6.18 Å². The van der Waals surface area contributed by atoms with E-state index in [4.69, 9.17) is 4.74 Å². The second-order valence-corrected chi connectivity index (χ2v) is 4.05. The van der Waals surface area contributed by atoms with Gasteiger partial charge in [-0.3, -0.25) is 0 Å². The number of hydrogen-bond acceptors (Lipinski definition) is 1. The molecule has 92 valence electrons. The Morgan fingerprint density at radius 1 is 1.24 bits per heavy atom. The molecule has 0 heterocycles. The SMILES string of the molecule is CCC1=C(COc2cccc(C(F)(F)F)c2)C1. The summed E-state index contributed by atoms with van der Waals surface area (Å²) in [6.07, 6.45) is -2.34. The van der Waals surface area contributed by atoms with E-state index in [0.717, 1.165) is 25.0 Å². The smallest absolute Gasteiger partial charge is 0.416 e. The van der Waals surface area contributed by atoms with Crippen LogP contribution in [-0.4, -0.2) is 6.61 Å². The van der Waals surface area contributed by atoms with Gasteiger partial charge in [0.15, 0.2) is 0 Å². The van der Waals surface area contributed by atoms with Gasteiger partial charge in [-0.05, 0) is 36.6 Å². The van der Waals surface area contributed by atoms with Gasteiger partial charge < -0.3 is 4.74 Å². The zero-order chi connectivity index (χ0) is 12.5. The molecule has 1 aliphatic rings. The predicted octanol–water partition coefficient (Wildman–Crippen LogP) is 4.19. The molecule has 2 rings (SSSR count). The Balaban J connectivity index is 2.00. The fourth-order valence-corrected chi connectivity index (χ4v) is 1.67. The average Bonchev–Trinajstić information content (AvgIpc) is 3.04. The molecule has 0 radical (unpaired) electrons. The van der Waals surface area contributed by atoms with Crippen LogP contribution in [0.5, 0.6) is 5.75 Å².